The van der Waals surface area contributed by atoms with Crippen LogP contribution in [0.2, 0.25) is 0 Å². The molecule has 1 aliphatic rings. The van der Waals surface area contributed by atoms with E-state index in [4.69, 9.17) is 4.52 Å². The van der Waals surface area contributed by atoms with Crippen molar-refractivity contribution in [1.82, 2.24) is 0 Å². The second kappa shape index (κ2) is 8.73. The molecular weight excluding hydrogens is 359 g/mol. The molecule has 1 fully saturated rings. The predicted octanol–water partition coefficient (Wildman–Crippen LogP) is 6.20. The molecule has 0 aromatic heterocycles. The molecule has 150 valence electrons. The van der Waals surface area contributed by atoms with E-state index in [1.54, 1.807) is 6.92 Å². The average molecular weight is 392 g/mol. The third-order valence-corrected chi connectivity index (χ3v) is 8.15. The lowest BCUT2D eigenvalue weighted by atomic mass is 9.99. The summed E-state index contributed by atoms with van der Waals surface area (Å²) in [7, 11) is -3.79. The third kappa shape index (κ3) is 4.90. The third-order valence-electron chi connectivity index (χ3n) is 5.43. The molecule has 1 aromatic carbocycles. The van der Waals surface area contributed by atoms with Crippen LogP contribution in [0, 0.1) is 32.6 Å². The lowest BCUT2D eigenvalue weighted by Crippen LogP contribution is -2.23. The van der Waals surface area contributed by atoms with Crippen molar-refractivity contribution < 1.29 is 18.7 Å². The Hall–Kier alpha value is -1.41. The number of hydrogen-bond acceptors (Lipinski definition) is 4. The van der Waals surface area contributed by atoms with Crippen molar-refractivity contribution in [2.45, 2.75) is 79.3 Å². The van der Waals surface area contributed by atoms with Crippen LogP contribution in [0.3, 0.4) is 0 Å². The molecule has 2 atom stereocenters. The highest BCUT2D eigenvalue weighted by molar-refractivity contribution is 7.78. The summed E-state index contributed by atoms with van der Waals surface area (Å²) in [6.07, 6.45) is 3.86. The van der Waals surface area contributed by atoms with Crippen molar-refractivity contribution in [3.05, 3.63) is 34.4 Å². The molecule has 0 bridgehead atoms. The van der Waals surface area contributed by atoms with Crippen LogP contribution in [0.5, 0.6) is 0 Å². The van der Waals surface area contributed by atoms with Gasteiger partial charge in [0, 0.05) is 5.56 Å². The highest BCUT2D eigenvalue weighted by Gasteiger charge is 2.47. The molecule has 2 rings (SSSR count). The average Bonchev–Trinajstić information content (AvgIpc) is 3.07. The van der Waals surface area contributed by atoms with Crippen molar-refractivity contribution in [3.63, 3.8) is 0 Å². The lowest BCUT2D eigenvalue weighted by molar-refractivity contribution is -0.138. The Labute approximate surface area is 163 Å². The summed E-state index contributed by atoms with van der Waals surface area (Å²) in [6.45, 7) is 11.5. The van der Waals surface area contributed by atoms with Crippen molar-refractivity contribution in [2.75, 3.05) is 0 Å². The van der Waals surface area contributed by atoms with Crippen LogP contribution in [0.4, 0.5) is 0 Å². The summed E-state index contributed by atoms with van der Waals surface area (Å²) >= 11 is 0. The first-order chi connectivity index (χ1) is 12.6. The van der Waals surface area contributed by atoms with E-state index in [1.807, 2.05) is 46.8 Å². The Morgan fingerprint density at radius 3 is 2.07 bits per heavy atom. The maximum absolute atomic E-state index is 13.9. The summed E-state index contributed by atoms with van der Waals surface area (Å²) in [5.74, 6) is -0.543. The Balaban J connectivity index is 2.41. The topological polar surface area (TPSA) is 60.4 Å². The molecule has 2 unspecified atom stereocenters. The molecule has 1 aromatic rings. The van der Waals surface area contributed by atoms with E-state index < -0.39 is 18.9 Å². The van der Waals surface area contributed by atoms with Crippen LogP contribution in [-0.2, 0) is 13.9 Å². The molecule has 5 heteroatoms. The van der Waals surface area contributed by atoms with Gasteiger partial charge < -0.3 is 4.52 Å². The largest absolute Gasteiger partial charge is 0.405 e. The summed E-state index contributed by atoms with van der Waals surface area (Å²) in [4.78, 5) is 26.1. The van der Waals surface area contributed by atoms with Gasteiger partial charge in [-0.3, -0.25) is 14.2 Å². The van der Waals surface area contributed by atoms with Gasteiger partial charge in [-0.05, 0) is 57.1 Å². The van der Waals surface area contributed by atoms with Gasteiger partial charge >= 0.3 is 13.3 Å². The Morgan fingerprint density at radius 1 is 1.07 bits per heavy atom. The zero-order valence-electron chi connectivity index (χ0n) is 17.5. The summed E-state index contributed by atoms with van der Waals surface area (Å²) in [5, 5.41) is 0. The zero-order valence-corrected chi connectivity index (χ0v) is 18.4. The van der Waals surface area contributed by atoms with Crippen LogP contribution in [-0.4, -0.2) is 17.2 Å². The molecule has 0 saturated heterocycles. The Morgan fingerprint density at radius 2 is 1.59 bits per heavy atom. The number of carbonyl (C=O) groups excluding carboxylic acids is 2. The van der Waals surface area contributed by atoms with Gasteiger partial charge in [0.25, 0.3) is 5.52 Å². The van der Waals surface area contributed by atoms with E-state index in [-0.39, 0.29) is 11.6 Å². The van der Waals surface area contributed by atoms with E-state index in [0.29, 0.717) is 30.7 Å². The lowest BCUT2D eigenvalue weighted by Gasteiger charge is -2.26. The molecule has 0 spiro atoms. The fourth-order valence-corrected chi connectivity index (χ4v) is 6.95. The van der Waals surface area contributed by atoms with Gasteiger partial charge in [-0.25, -0.2) is 0 Å². The second-order valence-electron chi connectivity index (χ2n) is 8.56. The van der Waals surface area contributed by atoms with Crippen LogP contribution in [0.25, 0.3) is 0 Å². The fourth-order valence-electron chi connectivity index (χ4n) is 4.23. The summed E-state index contributed by atoms with van der Waals surface area (Å²) < 4.78 is 19.5. The number of rotatable bonds is 7. The quantitative estimate of drug-likeness (QED) is 0.519. The maximum Gasteiger partial charge on any atom is 0.321 e. The molecule has 1 aliphatic carbocycles. The molecule has 0 heterocycles. The van der Waals surface area contributed by atoms with Crippen molar-refractivity contribution in [3.8, 4) is 0 Å². The van der Waals surface area contributed by atoms with Gasteiger partial charge in [-0.15, -0.1) is 0 Å². The first kappa shape index (κ1) is 21.9. The van der Waals surface area contributed by atoms with Gasteiger partial charge in [0.1, 0.15) is 0 Å². The van der Waals surface area contributed by atoms with Crippen LogP contribution in [0.1, 0.15) is 79.9 Å². The molecule has 4 nitrogen and oxygen atoms in total. The predicted molar refractivity (Wildman–Crippen MR) is 110 cm³/mol. The standard InChI is InChI=1S/C22H33O4P/c1-14(2)11-18(6)21(23)26-27(25,19-9-7-8-10-19)22(24)20-16(4)12-15(3)13-17(20)5/h12-14,18-19H,7-11H2,1-6H3. The van der Waals surface area contributed by atoms with Crippen LogP contribution >= 0.6 is 7.37 Å². The van der Waals surface area contributed by atoms with Gasteiger partial charge in [0.05, 0.1) is 11.6 Å². The minimum atomic E-state index is -3.79. The van der Waals surface area contributed by atoms with Gasteiger partial charge in [0.2, 0.25) is 0 Å². The number of benzene rings is 1. The first-order valence-electron chi connectivity index (χ1n) is 10.0. The smallest absolute Gasteiger partial charge is 0.321 e. The number of carbonyl (C=O) groups is 2. The minimum Gasteiger partial charge on any atom is -0.405 e. The molecule has 0 amide bonds. The zero-order chi connectivity index (χ0) is 20.4. The second-order valence-corrected chi connectivity index (χ2v) is 11.1. The SMILES string of the molecule is Cc1cc(C)c(C(=O)P(=O)(OC(=O)C(C)CC(C)C)C2CCCC2)c(C)c1. The normalized spacial score (nSPS) is 18.3. The van der Waals surface area contributed by atoms with E-state index in [0.717, 1.165) is 29.5 Å². The minimum absolute atomic E-state index is 0.329. The molecule has 27 heavy (non-hydrogen) atoms. The van der Waals surface area contributed by atoms with Crippen molar-refractivity contribution >= 4 is 18.9 Å². The highest BCUT2D eigenvalue weighted by atomic mass is 31.2. The van der Waals surface area contributed by atoms with Crippen molar-refractivity contribution in [1.29, 1.82) is 0 Å². The van der Waals surface area contributed by atoms with E-state index in [9.17, 15) is 14.2 Å². The number of aryl methyl sites for hydroxylation is 3. The monoisotopic (exact) mass is 392 g/mol. The molecular formula is C22H33O4P. The Bertz CT molecular complexity index is 737. The number of hydrogen-bond donors (Lipinski definition) is 0. The molecule has 1 saturated carbocycles. The van der Waals surface area contributed by atoms with Crippen LogP contribution in [0.15, 0.2) is 12.1 Å². The fraction of sp³-hybridized carbons (Fsp3) is 0.636. The van der Waals surface area contributed by atoms with E-state index >= 15 is 0 Å². The van der Waals surface area contributed by atoms with Crippen molar-refractivity contribution in [2.24, 2.45) is 11.8 Å². The summed E-state index contributed by atoms with van der Waals surface area (Å²) in [6, 6.07) is 3.84. The van der Waals surface area contributed by atoms with E-state index in [2.05, 4.69) is 0 Å². The Kier molecular flexibility index (Phi) is 7.08. The molecule has 0 N–H and O–H groups in total. The molecule has 0 aliphatic heterocycles. The highest BCUT2D eigenvalue weighted by Crippen LogP contribution is 2.60. The van der Waals surface area contributed by atoms with Crippen LogP contribution < -0.4 is 0 Å². The van der Waals surface area contributed by atoms with Gasteiger partial charge in [-0.1, -0.05) is 51.3 Å². The van der Waals surface area contributed by atoms with Gasteiger partial charge in [-0.2, -0.15) is 0 Å². The summed E-state index contributed by atoms with van der Waals surface area (Å²) in [5.41, 5.74) is 2.28. The molecule has 0 radical (unpaired) electrons. The maximum atomic E-state index is 13.9. The van der Waals surface area contributed by atoms with Gasteiger partial charge in [0.15, 0.2) is 0 Å². The van der Waals surface area contributed by atoms with E-state index in [1.165, 1.54) is 0 Å². The first-order valence-corrected chi connectivity index (χ1v) is 11.7.